The van der Waals surface area contributed by atoms with Gasteiger partial charge in [0.05, 0.1) is 0 Å². The Balaban J connectivity index is 2.70. The monoisotopic (exact) mass is 248 g/mol. The summed E-state index contributed by atoms with van der Waals surface area (Å²) in [6.07, 6.45) is 1.88. The first-order valence-electron chi connectivity index (χ1n) is 3.54. The Labute approximate surface area is 92.2 Å². The Hall–Kier alpha value is 1.14. The molecule has 0 aliphatic carbocycles. The summed E-state index contributed by atoms with van der Waals surface area (Å²) in [7, 11) is 1.96. The van der Waals surface area contributed by atoms with Crippen LogP contribution in [0.5, 0.6) is 0 Å². The molecular formula is C6H11Cl3N2S. The summed E-state index contributed by atoms with van der Waals surface area (Å²) in [4.78, 5) is 2.05. The van der Waals surface area contributed by atoms with Crippen LogP contribution in [0, 0.1) is 0 Å². The van der Waals surface area contributed by atoms with Crippen LogP contribution >= 0.6 is 46.8 Å². The maximum atomic E-state index is 5.84. The van der Waals surface area contributed by atoms with E-state index >= 15 is 0 Å². The molecule has 0 amide bonds. The molecule has 1 heterocycles. The van der Waals surface area contributed by atoms with Crippen molar-refractivity contribution in [3.05, 3.63) is 0 Å². The van der Waals surface area contributed by atoms with Crippen molar-refractivity contribution >= 4 is 46.8 Å². The molecule has 2 nitrogen and oxygen atoms in total. The van der Waals surface area contributed by atoms with E-state index < -0.39 is 3.79 Å². The third kappa shape index (κ3) is 2.34. The van der Waals surface area contributed by atoms with Gasteiger partial charge in [0, 0.05) is 13.1 Å². The lowest BCUT2D eigenvalue weighted by molar-refractivity contribution is 0.246. The molecule has 1 rings (SSSR count). The van der Waals surface area contributed by atoms with E-state index in [1.165, 1.54) is 0 Å². The summed E-state index contributed by atoms with van der Waals surface area (Å²) in [5.41, 5.74) is 0. The van der Waals surface area contributed by atoms with Gasteiger partial charge in [0.1, 0.15) is 6.17 Å². The molecule has 72 valence electrons. The number of rotatable bonds is 1. The molecule has 1 fully saturated rings. The van der Waals surface area contributed by atoms with Crippen molar-refractivity contribution in [1.82, 2.24) is 9.21 Å². The number of nitrogens with zero attached hydrogens (tertiary/aromatic N) is 2. The fourth-order valence-electron chi connectivity index (χ4n) is 1.33. The number of alkyl halides is 3. The molecule has 0 bridgehead atoms. The Morgan fingerprint density at radius 1 is 1.33 bits per heavy atom. The van der Waals surface area contributed by atoms with Gasteiger partial charge >= 0.3 is 0 Å². The standard InChI is InChI=1S/C6H11Cl3N2S/c1-10-3-4-11(12-2)5(10)6(7,8)9/h5H,3-4H2,1-2H3. The molecule has 0 aromatic carbocycles. The van der Waals surface area contributed by atoms with Gasteiger partial charge in [0.25, 0.3) is 0 Å². The van der Waals surface area contributed by atoms with Gasteiger partial charge in [0.15, 0.2) is 0 Å². The van der Waals surface area contributed by atoms with Gasteiger partial charge in [-0.05, 0) is 13.3 Å². The Morgan fingerprint density at radius 2 is 1.92 bits per heavy atom. The van der Waals surface area contributed by atoms with Gasteiger partial charge in [-0.25, -0.2) is 4.31 Å². The molecule has 0 aromatic rings. The van der Waals surface area contributed by atoms with E-state index in [2.05, 4.69) is 4.31 Å². The lowest BCUT2D eigenvalue weighted by atomic mass is 10.5. The Bertz CT molecular complexity index is 161. The van der Waals surface area contributed by atoms with Gasteiger partial charge < -0.3 is 0 Å². The maximum Gasteiger partial charge on any atom is 0.219 e. The molecular weight excluding hydrogens is 239 g/mol. The highest BCUT2D eigenvalue weighted by atomic mass is 35.6. The van der Waals surface area contributed by atoms with E-state index in [4.69, 9.17) is 34.8 Å². The van der Waals surface area contributed by atoms with Crippen LogP contribution in [-0.2, 0) is 0 Å². The summed E-state index contributed by atoms with van der Waals surface area (Å²) >= 11 is 19.1. The van der Waals surface area contributed by atoms with E-state index in [-0.39, 0.29) is 6.17 Å². The Kier molecular flexibility index (Phi) is 3.84. The second-order valence-electron chi connectivity index (χ2n) is 2.72. The van der Waals surface area contributed by atoms with E-state index in [0.717, 1.165) is 13.1 Å². The van der Waals surface area contributed by atoms with Crippen molar-refractivity contribution in [1.29, 1.82) is 0 Å². The van der Waals surface area contributed by atoms with Crippen molar-refractivity contribution in [3.8, 4) is 0 Å². The summed E-state index contributed by atoms with van der Waals surface area (Å²) in [6, 6.07) is 0. The number of likely N-dealkylation sites (N-methyl/N-ethyl adjacent to an activating group) is 1. The summed E-state index contributed by atoms with van der Waals surface area (Å²) < 4.78 is 0.848. The zero-order chi connectivity index (χ0) is 9.35. The smallest absolute Gasteiger partial charge is 0.219 e. The minimum Gasteiger partial charge on any atom is -0.285 e. The molecule has 6 heteroatoms. The molecule has 1 aliphatic rings. The largest absolute Gasteiger partial charge is 0.285 e. The molecule has 0 radical (unpaired) electrons. The molecule has 1 unspecified atom stereocenters. The number of hydrogen-bond donors (Lipinski definition) is 0. The van der Waals surface area contributed by atoms with Crippen LogP contribution in [0.2, 0.25) is 0 Å². The van der Waals surface area contributed by atoms with Crippen molar-refractivity contribution in [2.24, 2.45) is 0 Å². The Morgan fingerprint density at radius 3 is 2.25 bits per heavy atom. The predicted octanol–water partition coefficient (Wildman–Crippen LogP) is 2.21. The van der Waals surface area contributed by atoms with Crippen molar-refractivity contribution in [3.63, 3.8) is 0 Å². The first-order chi connectivity index (χ1) is 5.46. The van der Waals surface area contributed by atoms with Crippen LogP contribution in [0.3, 0.4) is 0 Å². The molecule has 1 aliphatic heterocycles. The second-order valence-corrected chi connectivity index (χ2v) is 5.92. The second kappa shape index (κ2) is 4.11. The molecule has 0 saturated carbocycles. The topological polar surface area (TPSA) is 6.48 Å². The minimum absolute atomic E-state index is 0.113. The molecule has 0 aromatic heterocycles. The van der Waals surface area contributed by atoms with Crippen LogP contribution in [0.1, 0.15) is 0 Å². The highest BCUT2D eigenvalue weighted by Crippen LogP contribution is 2.39. The van der Waals surface area contributed by atoms with Crippen LogP contribution < -0.4 is 0 Å². The number of halogens is 3. The van der Waals surface area contributed by atoms with Crippen molar-refractivity contribution < 1.29 is 0 Å². The van der Waals surface area contributed by atoms with E-state index in [1.54, 1.807) is 11.9 Å². The fourth-order valence-corrected chi connectivity index (χ4v) is 3.13. The average Bonchev–Trinajstić information content (AvgIpc) is 2.29. The van der Waals surface area contributed by atoms with Crippen LogP contribution in [0.25, 0.3) is 0 Å². The van der Waals surface area contributed by atoms with E-state index in [1.807, 2.05) is 18.2 Å². The van der Waals surface area contributed by atoms with Gasteiger partial charge in [-0.2, -0.15) is 0 Å². The molecule has 0 N–H and O–H groups in total. The molecule has 1 saturated heterocycles. The predicted molar refractivity (Wildman–Crippen MR) is 56.9 cm³/mol. The molecule has 0 spiro atoms. The minimum atomic E-state index is -1.23. The third-order valence-corrected chi connectivity index (χ3v) is 3.33. The summed E-state index contributed by atoms with van der Waals surface area (Å²) in [6.45, 7) is 1.88. The first kappa shape index (κ1) is 11.2. The van der Waals surface area contributed by atoms with Gasteiger partial charge in [0.2, 0.25) is 3.79 Å². The highest BCUT2D eigenvalue weighted by molar-refractivity contribution is 7.96. The maximum absolute atomic E-state index is 5.84. The van der Waals surface area contributed by atoms with Crippen molar-refractivity contribution in [2.75, 3.05) is 26.4 Å². The van der Waals surface area contributed by atoms with Crippen LogP contribution in [0.15, 0.2) is 0 Å². The normalized spacial score (nSPS) is 28.2. The van der Waals surface area contributed by atoms with Gasteiger partial charge in [-0.1, -0.05) is 46.8 Å². The molecule has 12 heavy (non-hydrogen) atoms. The van der Waals surface area contributed by atoms with E-state index in [9.17, 15) is 0 Å². The van der Waals surface area contributed by atoms with Gasteiger partial charge in [-0.3, -0.25) is 4.90 Å². The average molecular weight is 250 g/mol. The zero-order valence-electron chi connectivity index (χ0n) is 6.93. The highest BCUT2D eigenvalue weighted by Gasteiger charge is 2.43. The SMILES string of the molecule is CSN1CCN(C)C1C(Cl)(Cl)Cl. The van der Waals surface area contributed by atoms with Crippen LogP contribution in [0.4, 0.5) is 0 Å². The zero-order valence-corrected chi connectivity index (χ0v) is 10.0. The lowest BCUT2D eigenvalue weighted by Crippen LogP contribution is -2.43. The fraction of sp³-hybridized carbons (Fsp3) is 1.00. The first-order valence-corrected chi connectivity index (χ1v) is 5.86. The summed E-state index contributed by atoms with van der Waals surface area (Å²) in [5.74, 6) is 0. The molecule has 1 atom stereocenters. The van der Waals surface area contributed by atoms with E-state index in [0.29, 0.717) is 0 Å². The summed E-state index contributed by atoms with van der Waals surface area (Å²) in [5, 5.41) is 0. The lowest BCUT2D eigenvalue weighted by Gasteiger charge is -2.31. The van der Waals surface area contributed by atoms with Crippen molar-refractivity contribution in [2.45, 2.75) is 9.96 Å². The van der Waals surface area contributed by atoms with Crippen LogP contribution in [-0.4, -0.2) is 45.6 Å². The third-order valence-electron chi connectivity index (χ3n) is 1.89. The quantitative estimate of drug-likeness (QED) is 0.520. The van der Waals surface area contributed by atoms with Gasteiger partial charge in [-0.15, -0.1) is 0 Å². The number of hydrogen-bond acceptors (Lipinski definition) is 3.